The van der Waals surface area contributed by atoms with E-state index < -0.39 is 13.0 Å². The van der Waals surface area contributed by atoms with Crippen molar-refractivity contribution in [2.75, 3.05) is 26.1 Å². The zero-order valence-corrected chi connectivity index (χ0v) is 7.83. The molecular formula is C11H16N2O. The van der Waals surface area contributed by atoms with Crippen LogP contribution in [0.5, 0.6) is 5.75 Å². The molecule has 2 N–H and O–H groups in total. The van der Waals surface area contributed by atoms with E-state index in [0.717, 1.165) is 5.56 Å². The van der Waals surface area contributed by atoms with Crippen molar-refractivity contribution in [2.24, 2.45) is 0 Å². The molecule has 1 fully saturated rings. The summed E-state index contributed by atoms with van der Waals surface area (Å²) in [6, 6.07) is 6.51. The number of benzene rings is 1. The van der Waals surface area contributed by atoms with Crippen LogP contribution in [-0.2, 0) is 6.54 Å². The second-order valence-corrected chi connectivity index (χ2v) is 3.21. The second-order valence-electron chi connectivity index (χ2n) is 3.21. The number of piperazine rings is 1. The molecule has 3 nitrogen and oxygen atoms in total. The van der Waals surface area contributed by atoms with Crippen molar-refractivity contribution in [3.05, 3.63) is 29.8 Å². The zero-order chi connectivity index (χ0) is 13.4. The summed E-state index contributed by atoms with van der Waals surface area (Å²) in [6.07, 6.45) is 0. The summed E-state index contributed by atoms with van der Waals surface area (Å²) in [4.78, 5) is 1.47. The minimum absolute atomic E-state index is 0.0130. The van der Waals surface area contributed by atoms with E-state index in [1.807, 2.05) is 0 Å². The first kappa shape index (κ1) is 5.73. The normalized spacial score (nSPS) is 29.7. The molecule has 3 heteroatoms. The smallest absolute Gasteiger partial charge is 0.115 e. The van der Waals surface area contributed by atoms with Crippen LogP contribution in [-0.4, -0.2) is 36.1 Å². The van der Waals surface area contributed by atoms with E-state index in [9.17, 15) is 5.11 Å². The van der Waals surface area contributed by atoms with Gasteiger partial charge in [0.2, 0.25) is 0 Å². The van der Waals surface area contributed by atoms with Crippen molar-refractivity contribution < 1.29 is 10.6 Å². The van der Waals surface area contributed by atoms with Crippen LogP contribution in [0.25, 0.3) is 0 Å². The fourth-order valence-electron chi connectivity index (χ4n) is 1.35. The maximum Gasteiger partial charge on any atom is 0.115 e. The van der Waals surface area contributed by atoms with Crippen molar-refractivity contribution in [3.63, 3.8) is 0 Å². The lowest BCUT2D eigenvalue weighted by molar-refractivity contribution is 0.233. The maximum absolute atomic E-state index is 9.19. The van der Waals surface area contributed by atoms with E-state index in [4.69, 9.17) is 5.48 Å². The predicted molar refractivity (Wildman–Crippen MR) is 56.3 cm³/mol. The van der Waals surface area contributed by atoms with Gasteiger partial charge >= 0.3 is 0 Å². The van der Waals surface area contributed by atoms with Crippen LogP contribution in [0.4, 0.5) is 0 Å². The minimum Gasteiger partial charge on any atom is -0.508 e. The minimum atomic E-state index is -1.58. The summed E-state index contributed by atoms with van der Waals surface area (Å²) in [5.41, 5.74) is 0.842. The number of rotatable bonds is 2. The monoisotopic (exact) mass is 196 g/mol. The molecule has 0 amide bonds. The molecule has 1 heterocycles. The molecule has 0 radical (unpaired) electrons. The van der Waals surface area contributed by atoms with E-state index in [1.165, 1.54) is 4.90 Å². The highest BCUT2D eigenvalue weighted by Gasteiger charge is 2.09. The molecule has 1 aromatic carbocycles. The molecule has 0 bridgehead atoms. The van der Waals surface area contributed by atoms with Crippen LogP contribution >= 0.6 is 0 Å². The van der Waals surface area contributed by atoms with Gasteiger partial charge in [0.25, 0.3) is 0 Å². The third-order valence-corrected chi connectivity index (χ3v) is 2.10. The number of nitrogens with zero attached hydrogens (tertiary/aromatic N) is 1. The Kier molecular flexibility index (Phi) is 1.82. The van der Waals surface area contributed by atoms with Gasteiger partial charge in [-0.05, 0) is 17.7 Å². The van der Waals surface area contributed by atoms with Crippen LogP contribution in [0.2, 0.25) is 0 Å². The highest BCUT2D eigenvalue weighted by atomic mass is 16.3. The van der Waals surface area contributed by atoms with Gasteiger partial charge in [0.05, 0.1) is 0 Å². The second kappa shape index (κ2) is 4.44. The van der Waals surface area contributed by atoms with Gasteiger partial charge in [-0.3, -0.25) is 4.90 Å². The Morgan fingerprint density at radius 1 is 1.43 bits per heavy atom. The molecule has 0 atom stereocenters. The van der Waals surface area contributed by atoms with Gasteiger partial charge in [0.1, 0.15) is 5.75 Å². The summed E-state index contributed by atoms with van der Waals surface area (Å²) >= 11 is 0. The summed E-state index contributed by atoms with van der Waals surface area (Å²) in [5, 5.41) is 11.7. The summed E-state index contributed by atoms with van der Waals surface area (Å²) in [5.74, 6) is 0.164. The predicted octanol–water partition coefficient (Wildman–Crippen LogP) is 0.797. The van der Waals surface area contributed by atoms with E-state index in [1.54, 1.807) is 24.3 Å². The highest BCUT2D eigenvalue weighted by molar-refractivity contribution is 5.25. The van der Waals surface area contributed by atoms with Crippen LogP contribution < -0.4 is 5.32 Å². The van der Waals surface area contributed by atoms with Gasteiger partial charge < -0.3 is 10.4 Å². The van der Waals surface area contributed by atoms with Crippen molar-refractivity contribution in [1.82, 2.24) is 10.2 Å². The molecule has 1 aliphatic heterocycles. The number of phenols is 1. The number of aromatic hydroxyl groups is 1. The van der Waals surface area contributed by atoms with E-state index >= 15 is 0 Å². The van der Waals surface area contributed by atoms with E-state index in [0.29, 0.717) is 6.54 Å². The van der Waals surface area contributed by atoms with Gasteiger partial charge in [0.15, 0.2) is 0 Å². The van der Waals surface area contributed by atoms with E-state index in [2.05, 4.69) is 5.32 Å². The molecule has 0 aromatic heterocycles. The van der Waals surface area contributed by atoms with E-state index in [-0.39, 0.29) is 18.8 Å². The van der Waals surface area contributed by atoms with Crippen LogP contribution in [0.1, 0.15) is 11.0 Å². The number of hydrogen-bond acceptors (Lipinski definition) is 3. The Bertz CT molecular complexity index is 422. The van der Waals surface area contributed by atoms with Crippen LogP contribution in [0.3, 0.4) is 0 Å². The Morgan fingerprint density at radius 2 is 2.21 bits per heavy atom. The lowest BCUT2D eigenvalue weighted by Crippen LogP contribution is -2.42. The molecule has 1 aliphatic rings. The summed E-state index contributed by atoms with van der Waals surface area (Å²) < 4.78 is 31.0. The van der Waals surface area contributed by atoms with Crippen LogP contribution in [0.15, 0.2) is 24.3 Å². The average Bonchev–Trinajstić information content (AvgIpc) is 2.27. The average molecular weight is 196 g/mol. The lowest BCUT2D eigenvalue weighted by atomic mass is 10.2. The molecule has 1 aromatic rings. The molecule has 0 aliphatic carbocycles. The molecular weight excluding hydrogens is 176 g/mol. The van der Waals surface area contributed by atoms with Gasteiger partial charge in [-0.25, -0.2) is 0 Å². The van der Waals surface area contributed by atoms with Gasteiger partial charge in [-0.15, -0.1) is 0 Å². The number of phenolic OH excluding ortho intramolecular Hbond substituents is 1. The number of nitrogens with one attached hydrogen (secondary N) is 1. The summed E-state index contributed by atoms with van der Waals surface area (Å²) in [7, 11) is 0. The van der Waals surface area contributed by atoms with Crippen LogP contribution in [0, 0.1) is 0 Å². The Hall–Kier alpha value is -1.06. The molecule has 1 saturated heterocycles. The lowest BCUT2D eigenvalue weighted by Gasteiger charge is -2.27. The molecule has 0 spiro atoms. The number of hydrogen-bond donors (Lipinski definition) is 2. The largest absolute Gasteiger partial charge is 0.508 e. The summed E-state index contributed by atoms with van der Waals surface area (Å²) in [6.45, 7) is -2.90. The highest BCUT2D eigenvalue weighted by Crippen LogP contribution is 2.11. The van der Waals surface area contributed by atoms with Crippen molar-refractivity contribution in [2.45, 2.75) is 6.54 Å². The Morgan fingerprint density at radius 3 is 3.00 bits per heavy atom. The molecule has 0 saturated carbocycles. The fraction of sp³-hybridized carbons (Fsp3) is 0.455. The standard InChI is InChI=1S/C11H16N2O/c14-11-3-1-10(2-4-11)9-13-7-5-12-6-8-13/h1-4,12,14H,5-9H2/i5D2,8D2. The third-order valence-electron chi connectivity index (χ3n) is 2.10. The topological polar surface area (TPSA) is 35.5 Å². The first-order valence-electron chi connectivity index (χ1n) is 6.57. The SMILES string of the molecule is [2H]C1([2H])CN(Cc2ccc(O)cc2)C([2H])([2H])CN1. The maximum atomic E-state index is 9.19. The third kappa shape index (κ3) is 2.47. The molecule has 76 valence electrons. The first-order chi connectivity index (χ1) is 8.28. The van der Waals surface area contributed by atoms with Crippen molar-refractivity contribution in [1.29, 1.82) is 0 Å². The van der Waals surface area contributed by atoms with Gasteiger partial charge in [0, 0.05) is 38.1 Å². The quantitative estimate of drug-likeness (QED) is 0.734. The van der Waals surface area contributed by atoms with Gasteiger partial charge in [-0.2, -0.15) is 0 Å². The van der Waals surface area contributed by atoms with Crippen molar-refractivity contribution >= 4 is 0 Å². The molecule has 2 rings (SSSR count). The first-order valence-corrected chi connectivity index (χ1v) is 4.57. The fourth-order valence-corrected chi connectivity index (χ4v) is 1.35. The van der Waals surface area contributed by atoms with Gasteiger partial charge in [-0.1, -0.05) is 12.1 Å². The molecule has 0 unspecified atom stereocenters. The Labute approximate surface area is 90.0 Å². The molecule has 14 heavy (non-hydrogen) atoms. The zero-order valence-electron chi connectivity index (χ0n) is 11.8. The van der Waals surface area contributed by atoms with Crippen molar-refractivity contribution in [3.8, 4) is 5.75 Å². The Balaban J connectivity index is 2.12.